The molecule has 5 heteroatoms. The Balaban J connectivity index is 1.96. The minimum atomic E-state index is -0.874. The fourth-order valence-corrected chi connectivity index (χ4v) is 2.49. The maximum Gasteiger partial charge on any atom is 0.409 e. The summed E-state index contributed by atoms with van der Waals surface area (Å²) in [4.78, 5) is 13.2. The van der Waals surface area contributed by atoms with E-state index in [1.54, 1.807) is 18.9 Å². The van der Waals surface area contributed by atoms with Gasteiger partial charge in [0, 0.05) is 13.0 Å². The van der Waals surface area contributed by atoms with Crippen LogP contribution in [0, 0.1) is 0 Å². The van der Waals surface area contributed by atoms with Crippen molar-refractivity contribution < 1.29 is 19.4 Å². The Morgan fingerprint density at radius 1 is 1.40 bits per heavy atom. The first-order valence-electron chi connectivity index (χ1n) is 6.83. The number of amides is 1. The monoisotopic (exact) mass is 279 g/mol. The van der Waals surface area contributed by atoms with E-state index in [0.717, 1.165) is 11.3 Å². The van der Waals surface area contributed by atoms with Crippen molar-refractivity contribution in [1.82, 2.24) is 4.90 Å². The highest BCUT2D eigenvalue weighted by molar-refractivity contribution is 5.68. The Labute approximate surface area is 119 Å². The summed E-state index contributed by atoms with van der Waals surface area (Å²) in [7, 11) is 1.62. The maximum atomic E-state index is 11.6. The number of hydrogen-bond donors (Lipinski definition) is 1. The number of β-amino-alcohol motifs (C(OH)–C–C–N with tert-alkyl or cyclic N) is 1. The molecule has 20 heavy (non-hydrogen) atoms. The van der Waals surface area contributed by atoms with Crippen LogP contribution in [0.25, 0.3) is 0 Å². The molecule has 1 unspecified atom stereocenters. The Morgan fingerprint density at radius 3 is 2.70 bits per heavy atom. The molecule has 1 aromatic carbocycles. The summed E-state index contributed by atoms with van der Waals surface area (Å²) in [5.41, 5.74) is 0.153. The van der Waals surface area contributed by atoms with Gasteiger partial charge in [0.1, 0.15) is 5.75 Å². The number of likely N-dealkylation sites (tertiary alicyclic amines) is 1. The first-order chi connectivity index (χ1) is 9.56. The second-order valence-corrected chi connectivity index (χ2v) is 5.12. The third-order valence-electron chi connectivity index (χ3n) is 3.55. The molecule has 1 saturated heterocycles. The van der Waals surface area contributed by atoms with Crippen LogP contribution >= 0.6 is 0 Å². The number of methoxy groups -OCH3 is 1. The number of hydrogen-bond acceptors (Lipinski definition) is 4. The molecule has 1 aromatic rings. The van der Waals surface area contributed by atoms with Crippen LogP contribution in [-0.2, 0) is 11.2 Å². The lowest BCUT2D eigenvalue weighted by Gasteiger charge is -2.23. The fraction of sp³-hybridized carbons (Fsp3) is 0.533. The van der Waals surface area contributed by atoms with Crippen molar-refractivity contribution in [3.63, 3.8) is 0 Å². The van der Waals surface area contributed by atoms with Crippen molar-refractivity contribution in [2.75, 3.05) is 26.8 Å². The van der Waals surface area contributed by atoms with Crippen LogP contribution in [0.15, 0.2) is 24.3 Å². The topological polar surface area (TPSA) is 59.0 Å². The zero-order chi connectivity index (χ0) is 14.6. The zero-order valence-corrected chi connectivity index (χ0v) is 12.0. The van der Waals surface area contributed by atoms with E-state index in [9.17, 15) is 9.90 Å². The van der Waals surface area contributed by atoms with Gasteiger partial charge in [-0.1, -0.05) is 12.1 Å². The van der Waals surface area contributed by atoms with E-state index in [-0.39, 0.29) is 6.09 Å². The van der Waals surface area contributed by atoms with Crippen LogP contribution in [-0.4, -0.2) is 48.5 Å². The van der Waals surface area contributed by atoms with E-state index in [1.165, 1.54) is 0 Å². The van der Waals surface area contributed by atoms with Gasteiger partial charge in [0.2, 0.25) is 0 Å². The number of aliphatic hydroxyl groups is 1. The second-order valence-electron chi connectivity index (χ2n) is 5.12. The summed E-state index contributed by atoms with van der Waals surface area (Å²) in [6, 6.07) is 7.61. The lowest BCUT2D eigenvalue weighted by Crippen LogP contribution is -2.38. The van der Waals surface area contributed by atoms with Crippen LogP contribution < -0.4 is 4.74 Å². The molecular weight excluding hydrogens is 258 g/mol. The third-order valence-corrected chi connectivity index (χ3v) is 3.55. The molecule has 0 aromatic heterocycles. The molecule has 1 N–H and O–H groups in total. The predicted octanol–water partition coefficient (Wildman–Crippen LogP) is 1.83. The largest absolute Gasteiger partial charge is 0.497 e. The Morgan fingerprint density at radius 2 is 2.10 bits per heavy atom. The molecular formula is C15H21NO4. The van der Waals surface area contributed by atoms with Gasteiger partial charge in [0.15, 0.2) is 0 Å². The Hall–Kier alpha value is -1.75. The number of ether oxygens (including phenoxy) is 2. The average molecular weight is 279 g/mol. The van der Waals surface area contributed by atoms with Crippen LogP contribution in [0.5, 0.6) is 5.75 Å². The van der Waals surface area contributed by atoms with Gasteiger partial charge in [0.05, 0.1) is 25.9 Å². The van der Waals surface area contributed by atoms with Gasteiger partial charge in [-0.2, -0.15) is 0 Å². The minimum absolute atomic E-state index is 0.317. The van der Waals surface area contributed by atoms with E-state index < -0.39 is 5.60 Å². The highest BCUT2D eigenvalue weighted by atomic mass is 16.6. The van der Waals surface area contributed by atoms with E-state index in [2.05, 4.69) is 0 Å². The molecule has 0 saturated carbocycles. The van der Waals surface area contributed by atoms with Crippen LogP contribution in [0.3, 0.4) is 0 Å². The van der Waals surface area contributed by atoms with Gasteiger partial charge in [-0.05, 0) is 31.0 Å². The van der Waals surface area contributed by atoms with Crippen molar-refractivity contribution in [1.29, 1.82) is 0 Å². The molecule has 5 nitrogen and oxygen atoms in total. The second kappa shape index (κ2) is 6.13. The van der Waals surface area contributed by atoms with Gasteiger partial charge in [-0.25, -0.2) is 4.79 Å². The molecule has 1 heterocycles. The van der Waals surface area contributed by atoms with Crippen molar-refractivity contribution in [3.8, 4) is 5.75 Å². The van der Waals surface area contributed by atoms with E-state index in [0.29, 0.717) is 32.5 Å². The SMILES string of the molecule is CCOC(=O)N1CCC(O)(Cc2ccc(OC)cc2)C1. The molecule has 0 aliphatic carbocycles. The first kappa shape index (κ1) is 14.7. The fourth-order valence-electron chi connectivity index (χ4n) is 2.49. The third kappa shape index (κ3) is 3.42. The number of carbonyl (C=O) groups is 1. The van der Waals surface area contributed by atoms with Gasteiger partial charge in [-0.3, -0.25) is 0 Å². The lowest BCUT2D eigenvalue weighted by atomic mass is 9.94. The molecule has 0 radical (unpaired) electrons. The number of carbonyl (C=O) groups excluding carboxylic acids is 1. The zero-order valence-electron chi connectivity index (χ0n) is 12.0. The number of nitrogens with zero attached hydrogens (tertiary/aromatic N) is 1. The molecule has 0 spiro atoms. The van der Waals surface area contributed by atoms with Crippen molar-refractivity contribution in [2.24, 2.45) is 0 Å². The predicted molar refractivity (Wildman–Crippen MR) is 74.9 cm³/mol. The highest BCUT2D eigenvalue weighted by Gasteiger charge is 2.38. The highest BCUT2D eigenvalue weighted by Crippen LogP contribution is 2.26. The molecule has 1 aliphatic heterocycles. The lowest BCUT2D eigenvalue weighted by molar-refractivity contribution is 0.0454. The molecule has 2 rings (SSSR count). The van der Waals surface area contributed by atoms with Crippen molar-refractivity contribution in [2.45, 2.75) is 25.4 Å². The molecule has 1 fully saturated rings. The molecule has 1 aliphatic rings. The van der Waals surface area contributed by atoms with E-state index >= 15 is 0 Å². The molecule has 0 bridgehead atoms. The summed E-state index contributed by atoms with van der Waals surface area (Å²) < 4.78 is 10.1. The summed E-state index contributed by atoms with van der Waals surface area (Å²) in [6.45, 7) is 2.98. The van der Waals surface area contributed by atoms with E-state index in [1.807, 2.05) is 24.3 Å². The summed E-state index contributed by atoms with van der Waals surface area (Å²) in [5, 5.41) is 10.6. The van der Waals surface area contributed by atoms with Crippen LogP contribution in [0.2, 0.25) is 0 Å². The van der Waals surface area contributed by atoms with Crippen molar-refractivity contribution >= 4 is 6.09 Å². The molecule has 110 valence electrons. The molecule has 1 atom stereocenters. The summed E-state index contributed by atoms with van der Waals surface area (Å²) in [5.74, 6) is 0.792. The smallest absolute Gasteiger partial charge is 0.409 e. The number of rotatable bonds is 4. The average Bonchev–Trinajstić information content (AvgIpc) is 2.82. The maximum absolute atomic E-state index is 11.6. The van der Waals surface area contributed by atoms with Gasteiger partial charge < -0.3 is 19.5 Å². The van der Waals surface area contributed by atoms with Crippen molar-refractivity contribution in [3.05, 3.63) is 29.8 Å². The summed E-state index contributed by atoms with van der Waals surface area (Å²) in [6.07, 6.45) is 0.739. The van der Waals surface area contributed by atoms with Gasteiger partial charge in [0.25, 0.3) is 0 Å². The standard InChI is InChI=1S/C15H21NO4/c1-3-20-14(17)16-9-8-15(18,11-16)10-12-4-6-13(19-2)7-5-12/h4-7,18H,3,8-11H2,1-2H3. The first-order valence-corrected chi connectivity index (χ1v) is 6.83. The Kier molecular flexibility index (Phi) is 4.49. The minimum Gasteiger partial charge on any atom is -0.497 e. The quantitative estimate of drug-likeness (QED) is 0.913. The molecule has 1 amide bonds. The number of benzene rings is 1. The van der Waals surface area contributed by atoms with Gasteiger partial charge in [-0.15, -0.1) is 0 Å². The summed E-state index contributed by atoms with van der Waals surface area (Å²) >= 11 is 0. The van der Waals surface area contributed by atoms with Crippen LogP contribution in [0.1, 0.15) is 18.9 Å². The van der Waals surface area contributed by atoms with E-state index in [4.69, 9.17) is 9.47 Å². The van der Waals surface area contributed by atoms with Crippen LogP contribution in [0.4, 0.5) is 4.79 Å². The Bertz CT molecular complexity index is 459. The van der Waals surface area contributed by atoms with Gasteiger partial charge >= 0.3 is 6.09 Å². The normalized spacial score (nSPS) is 21.9.